The third kappa shape index (κ3) is 1.41. The van der Waals surface area contributed by atoms with E-state index in [0.29, 0.717) is 13.2 Å². The second-order valence-corrected chi connectivity index (χ2v) is 2.26. The molecule has 0 radical (unpaired) electrons. The highest BCUT2D eigenvalue weighted by atomic mass is 16.5. The molecule has 0 unspecified atom stereocenters. The van der Waals surface area contributed by atoms with E-state index in [9.17, 15) is 0 Å². The molecule has 0 aromatic heterocycles. The van der Waals surface area contributed by atoms with Crippen LogP contribution in [-0.4, -0.2) is 19.3 Å². The van der Waals surface area contributed by atoms with Gasteiger partial charge in [-0.05, 0) is 6.42 Å². The second-order valence-electron chi connectivity index (χ2n) is 2.26. The van der Waals surface area contributed by atoms with Crippen LogP contribution in [0.25, 0.3) is 0 Å². The van der Waals surface area contributed by atoms with Gasteiger partial charge in [-0.3, -0.25) is 0 Å². The molecule has 0 aromatic rings. The molecule has 2 N–H and O–H groups in total. The largest absolute Gasteiger partial charge is 0.380 e. The molecule has 3 heteroatoms. The van der Waals surface area contributed by atoms with Crippen molar-refractivity contribution in [3.8, 4) is 6.07 Å². The van der Waals surface area contributed by atoms with Crippen molar-refractivity contribution in [2.24, 2.45) is 11.7 Å². The first-order valence-corrected chi connectivity index (χ1v) is 3.07. The Balaban J connectivity index is 2.41. The third-order valence-electron chi connectivity index (χ3n) is 1.57. The van der Waals surface area contributed by atoms with Crippen molar-refractivity contribution in [3.05, 3.63) is 0 Å². The maximum absolute atomic E-state index is 8.48. The van der Waals surface area contributed by atoms with Gasteiger partial charge in [-0.15, -0.1) is 0 Å². The molecule has 2 atom stereocenters. The highest BCUT2D eigenvalue weighted by Gasteiger charge is 2.21. The molecular formula is C6H10N2O. The number of hydrogen-bond acceptors (Lipinski definition) is 3. The van der Waals surface area contributed by atoms with Crippen LogP contribution < -0.4 is 5.73 Å². The first kappa shape index (κ1) is 6.53. The number of ether oxygens (including phenoxy) is 1. The zero-order valence-corrected chi connectivity index (χ0v) is 5.21. The van der Waals surface area contributed by atoms with Crippen molar-refractivity contribution in [2.45, 2.75) is 12.5 Å². The average molecular weight is 126 g/mol. The Morgan fingerprint density at radius 3 is 2.89 bits per heavy atom. The van der Waals surface area contributed by atoms with Gasteiger partial charge in [0.2, 0.25) is 0 Å². The van der Waals surface area contributed by atoms with Gasteiger partial charge < -0.3 is 10.5 Å². The Labute approximate surface area is 54.4 Å². The molecule has 0 aliphatic carbocycles. The summed E-state index contributed by atoms with van der Waals surface area (Å²) in [5.74, 6) is 0.0127. The summed E-state index contributed by atoms with van der Waals surface area (Å²) in [5.41, 5.74) is 5.54. The molecule has 0 bridgehead atoms. The van der Waals surface area contributed by atoms with Crippen LogP contribution in [0.1, 0.15) is 6.42 Å². The van der Waals surface area contributed by atoms with Crippen LogP contribution in [0.4, 0.5) is 0 Å². The first-order chi connectivity index (χ1) is 4.34. The summed E-state index contributed by atoms with van der Waals surface area (Å²) in [6.45, 7) is 1.23. The lowest BCUT2D eigenvalue weighted by Gasteiger charge is -2.22. The predicted octanol–water partition coefficient (Wildman–Crippen LogP) is -0.126. The van der Waals surface area contributed by atoms with Crippen molar-refractivity contribution in [2.75, 3.05) is 13.2 Å². The number of hydrogen-bond donors (Lipinski definition) is 1. The van der Waals surface area contributed by atoms with E-state index >= 15 is 0 Å². The lowest BCUT2D eigenvalue weighted by atomic mass is 9.98. The molecular weight excluding hydrogens is 116 g/mol. The Bertz CT molecular complexity index is 130. The van der Waals surface area contributed by atoms with Crippen LogP contribution in [0.15, 0.2) is 0 Å². The van der Waals surface area contributed by atoms with E-state index in [2.05, 4.69) is 6.07 Å². The van der Waals surface area contributed by atoms with E-state index in [0.717, 1.165) is 6.42 Å². The summed E-state index contributed by atoms with van der Waals surface area (Å²) in [6.07, 6.45) is 0.789. The van der Waals surface area contributed by atoms with Gasteiger partial charge >= 0.3 is 0 Å². The zero-order valence-electron chi connectivity index (χ0n) is 5.21. The minimum absolute atomic E-state index is 0.0127. The summed E-state index contributed by atoms with van der Waals surface area (Å²) < 4.78 is 5.04. The molecule has 1 aliphatic rings. The molecule has 50 valence electrons. The topological polar surface area (TPSA) is 59.0 Å². The number of nitriles is 1. The number of nitrogens with two attached hydrogens (primary N) is 1. The molecule has 9 heavy (non-hydrogen) atoms. The van der Waals surface area contributed by atoms with Crippen LogP contribution in [0.5, 0.6) is 0 Å². The molecule has 0 spiro atoms. The van der Waals surface area contributed by atoms with E-state index < -0.39 is 0 Å². The molecule has 3 nitrogen and oxygen atoms in total. The van der Waals surface area contributed by atoms with Crippen LogP contribution in [-0.2, 0) is 4.74 Å². The van der Waals surface area contributed by atoms with E-state index in [-0.39, 0.29) is 12.0 Å². The Morgan fingerprint density at radius 2 is 2.44 bits per heavy atom. The third-order valence-corrected chi connectivity index (χ3v) is 1.57. The number of rotatable bonds is 0. The van der Waals surface area contributed by atoms with Crippen LogP contribution in [0.3, 0.4) is 0 Å². The highest BCUT2D eigenvalue weighted by molar-refractivity contribution is 4.92. The maximum atomic E-state index is 8.48. The van der Waals surface area contributed by atoms with Crippen LogP contribution in [0, 0.1) is 17.2 Å². The molecule has 0 aromatic carbocycles. The molecule has 0 saturated carbocycles. The fourth-order valence-corrected chi connectivity index (χ4v) is 0.920. The molecule has 1 saturated heterocycles. The van der Waals surface area contributed by atoms with E-state index in [1.54, 1.807) is 0 Å². The standard InChI is InChI=1S/C6H10N2O/c7-3-5-1-2-9-4-6(5)8/h5-6H,1-2,4,8H2/t5-,6+/m0/s1. The Morgan fingerprint density at radius 1 is 1.67 bits per heavy atom. The van der Waals surface area contributed by atoms with Gasteiger partial charge in [-0.2, -0.15) is 5.26 Å². The van der Waals surface area contributed by atoms with Gasteiger partial charge in [0.1, 0.15) is 0 Å². The normalized spacial score (nSPS) is 35.6. The van der Waals surface area contributed by atoms with Crippen LogP contribution >= 0.6 is 0 Å². The van der Waals surface area contributed by atoms with Crippen molar-refractivity contribution < 1.29 is 4.74 Å². The van der Waals surface area contributed by atoms with E-state index in [1.165, 1.54) is 0 Å². The van der Waals surface area contributed by atoms with Gasteiger partial charge in [0.15, 0.2) is 0 Å². The average Bonchev–Trinajstić information content (AvgIpc) is 1.89. The number of nitrogens with zero attached hydrogens (tertiary/aromatic N) is 1. The molecule has 1 rings (SSSR count). The first-order valence-electron chi connectivity index (χ1n) is 3.07. The van der Waals surface area contributed by atoms with Gasteiger partial charge in [-0.1, -0.05) is 0 Å². The van der Waals surface area contributed by atoms with Crippen molar-refractivity contribution in [1.29, 1.82) is 5.26 Å². The lowest BCUT2D eigenvalue weighted by Crippen LogP contribution is -2.38. The van der Waals surface area contributed by atoms with Crippen molar-refractivity contribution in [1.82, 2.24) is 0 Å². The summed E-state index contributed by atoms with van der Waals surface area (Å²) in [5, 5.41) is 8.48. The Hall–Kier alpha value is -0.590. The maximum Gasteiger partial charge on any atom is 0.0673 e. The predicted molar refractivity (Wildman–Crippen MR) is 32.5 cm³/mol. The second kappa shape index (κ2) is 2.81. The van der Waals surface area contributed by atoms with E-state index in [4.69, 9.17) is 15.7 Å². The van der Waals surface area contributed by atoms with Gasteiger partial charge in [0, 0.05) is 12.6 Å². The quantitative estimate of drug-likeness (QED) is 0.492. The Kier molecular flexibility index (Phi) is 2.04. The molecule has 0 amide bonds. The smallest absolute Gasteiger partial charge is 0.0673 e. The summed E-state index contributed by atoms with van der Waals surface area (Å²) in [6, 6.07) is 2.08. The molecule has 1 fully saturated rings. The van der Waals surface area contributed by atoms with Crippen molar-refractivity contribution in [3.63, 3.8) is 0 Å². The molecule has 1 aliphatic heterocycles. The lowest BCUT2D eigenvalue weighted by molar-refractivity contribution is 0.0640. The summed E-state index contributed by atoms with van der Waals surface area (Å²) >= 11 is 0. The van der Waals surface area contributed by atoms with Crippen molar-refractivity contribution >= 4 is 0 Å². The summed E-state index contributed by atoms with van der Waals surface area (Å²) in [4.78, 5) is 0. The van der Waals surface area contributed by atoms with Gasteiger partial charge in [0.25, 0.3) is 0 Å². The monoisotopic (exact) mass is 126 g/mol. The highest BCUT2D eigenvalue weighted by Crippen LogP contribution is 2.11. The minimum atomic E-state index is -0.0660. The zero-order chi connectivity index (χ0) is 6.69. The fourth-order valence-electron chi connectivity index (χ4n) is 0.920. The van der Waals surface area contributed by atoms with E-state index in [1.807, 2.05) is 0 Å². The van der Waals surface area contributed by atoms with Gasteiger partial charge in [-0.25, -0.2) is 0 Å². The fraction of sp³-hybridized carbons (Fsp3) is 0.833. The minimum Gasteiger partial charge on any atom is -0.380 e. The molecule has 1 heterocycles. The van der Waals surface area contributed by atoms with Crippen LogP contribution in [0.2, 0.25) is 0 Å². The summed E-state index contributed by atoms with van der Waals surface area (Å²) in [7, 11) is 0. The SMILES string of the molecule is N#C[C@@H]1CCOC[C@H]1N. The van der Waals surface area contributed by atoms with Gasteiger partial charge in [0.05, 0.1) is 18.6 Å².